The van der Waals surface area contributed by atoms with Crippen LogP contribution in [0.15, 0.2) is 41.3 Å². The number of benzene rings is 2. The highest BCUT2D eigenvalue weighted by molar-refractivity contribution is 7.89. The first kappa shape index (κ1) is 25.3. The van der Waals surface area contributed by atoms with E-state index < -0.39 is 28.5 Å². The number of anilines is 1. The van der Waals surface area contributed by atoms with E-state index in [1.807, 2.05) is 39.8 Å². The number of hydrogen-bond acceptors (Lipinski definition) is 7. The van der Waals surface area contributed by atoms with Crippen molar-refractivity contribution in [3.8, 4) is 0 Å². The lowest BCUT2D eigenvalue weighted by Gasteiger charge is -2.34. The summed E-state index contributed by atoms with van der Waals surface area (Å²) in [5.74, 6) is -0.757. The van der Waals surface area contributed by atoms with Crippen molar-refractivity contribution in [3.05, 3.63) is 53.1 Å². The average Bonchev–Trinajstić information content (AvgIpc) is 3.19. The van der Waals surface area contributed by atoms with Crippen molar-refractivity contribution in [2.45, 2.75) is 39.0 Å². The molecule has 1 amide bonds. The lowest BCUT2D eigenvalue weighted by molar-refractivity contribution is -0.119. The second kappa shape index (κ2) is 10.0. The van der Waals surface area contributed by atoms with Crippen LogP contribution < -0.4 is 5.32 Å². The van der Waals surface area contributed by atoms with E-state index in [0.29, 0.717) is 18.2 Å². The molecular weight excluding hydrogens is 486 g/mol. The van der Waals surface area contributed by atoms with Crippen LogP contribution in [0.3, 0.4) is 0 Å². The summed E-state index contributed by atoms with van der Waals surface area (Å²) in [4.78, 5) is 29.4. The molecule has 1 N–H and O–H groups in total. The fourth-order valence-corrected chi connectivity index (χ4v) is 7.31. The Morgan fingerprint density at radius 1 is 1.14 bits per heavy atom. The van der Waals surface area contributed by atoms with Gasteiger partial charge in [-0.3, -0.25) is 10.1 Å². The molecule has 2 unspecified atom stereocenters. The summed E-state index contributed by atoms with van der Waals surface area (Å²) < 4.78 is 33.9. The molecule has 0 radical (unpaired) electrons. The van der Waals surface area contributed by atoms with Gasteiger partial charge in [-0.1, -0.05) is 37.3 Å². The zero-order valence-corrected chi connectivity index (χ0v) is 21.8. The molecule has 10 heteroatoms. The fraction of sp³-hybridized carbons (Fsp3) is 0.400. The molecule has 1 aliphatic rings. The number of ether oxygens (including phenoxy) is 1. The second-order valence-corrected chi connectivity index (χ2v) is 12.3. The minimum absolute atomic E-state index is 0.0397. The van der Waals surface area contributed by atoms with Crippen LogP contribution in [-0.4, -0.2) is 49.3 Å². The van der Waals surface area contributed by atoms with Crippen molar-refractivity contribution in [2.75, 3.05) is 25.0 Å². The van der Waals surface area contributed by atoms with Crippen LogP contribution >= 0.6 is 11.3 Å². The first-order chi connectivity index (χ1) is 16.5. The van der Waals surface area contributed by atoms with Crippen LogP contribution in [0.25, 0.3) is 10.2 Å². The highest BCUT2D eigenvalue weighted by Gasteiger charge is 2.32. The molecule has 0 bridgehead atoms. The Balaban J connectivity index is 1.40. The Hall–Kier alpha value is -2.82. The Labute approximate surface area is 209 Å². The topological polar surface area (TPSA) is 106 Å². The number of aromatic nitrogens is 1. The third-order valence-corrected chi connectivity index (χ3v) is 8.70. The van der Waals surface area contributed by atoms with Gasteiger partial charge in [-0.2, -0.15) is 4.31 Å². The summed E-state index contributed by atoms with van der Waals surface area (Å²) in [6.07, 6.45) is 0.983. The lowest BCUT2D eigenvalue weighted by Crippen LogP contribution is -2.42. The van der Waals surface area contributed by atoms with Gasteiger partial charge < -0.3 is 4.74 Å². The van der Waals surface area contributed by atoms with Crippen molar-refractivity contribution in [1.29, 1.82) is 0 Å². The fourth-order valence-electron chi connectivity index (χ4n) is 4.53. The quantitative estimate of drug-likeness (QED) is 0.489. The van der Waals surface area contributed by atoms with E-state index in [-0.39, 0.29) is 22.3 Å². The van der Waals surface area contributed by atoms with E-state index in [0.717, 1.165) is 27.8 Å². The number of piperidine rings is 1. The number of aryl methyl sites for hydroxylation is 2. The summed E-state index contributed by atoms with van der Waals surface area (Å²) in [7, 11) is -3.74. The first-order valence-corrected chi connectivity index (χ1v) is 13.7. The number of nitrogens with zero attached hydrogens (tertiary/aromatic N) is 2. The molecule has 2 aromatic carbocycles. The monoisotopic (exact) mass is 515 g/mol. The number of carbonyl (C=O) groups excluding carboxylic acids is 2. The van der Waals surface area contributed by atoms with Gasteiger partial charge in [0.25, 0.3) is 5.91 Å². The normalized spacial score (nSPS) is 19.0. The molecule has 3 aromatic rings. The first-order valence-electron chi connectivity index (χ1n) is 11.5. The molecule has 2 heterocycles. The van der Waals surface area contributed by atoms with Gasteiger partial charge in [0, 0.05) is 13.1 Å². The maximum Gasteiger partial charge on any atom is 0.338 e. The predicted molar refractivity (Wildman–Crippen MR) is 136 cm³/mol. The van der Waals surface area contributed by atoms with Crippen LogP contribution in [0.4, 0.5) is 5.13 Å². The summed E-state index contributed by atoms with van der Waals surface area (Å²) in [5.41, 5.74) is 3.02. The van der Waals surface area contributed by atoms with Crippen LogP contribution in [0.1, 0.15) is 41.8 Å². The molecule has 4 rings (SSSR count). The van der Waals surface area contributed by atoms with Gasteiger partial charge in [0.2, 0.25) is 10.0 Å². The van der Waals surface area contributed by atoms with Crippen LogP contribution in [0.5, 0.6) is 0 Å². The zero-order chi connectivity index (χ0) is 25.3. The van der Waals surface area contributed by atoms with Gasteiger partial charge in [0.1, 0.15) is 0 Å². The second-order valence-electron chi connectivity index (χ2n) is 9.37. The average molecular weight is 516 g/mol. The van der Waals surface area contributed by atoms with E-state index in [4.69, 9.17) is 4.74 Å². The molecule has 2 atom stereocenters. The maximum absolute atomic E-state index is 13.1. The SMILES string of the molecule is Cc1cc(C)c2nc(NC(=O)COC(=O)c3cccc(S(=O)(=O)N4CC(C)CC(C)C4)c3)sc2c1. The van der Waals surface area contributed by atoms with Crippen molar-refractivity contribution in [3.63, 3.8) is 0 Å². The Kier molecular flexibility index (Phi) is 7.25. The van der Waals surface area contributed by atoms with Gasteiger partial charge in [0.05, 0.1) is 20.7 Å². The molecular formula is C25H29N3O5S2. The van der Waals surface area contributed by atoms with Crippen molar-refractivity contribution < 1.29 is 22.7 Å². The Morgan fingerprint density at radius 2 is 1.86 bits per heavy atom. The largest absolute Gasteiger partial charge is 0.452 e. The van der Waals surface area contributed by atoms with E-state index in [2.05, 4.69) is 10.3 Å². The molecule has 1 aliphatic heterocycles. The third-order valence-electron chi connectivity index (χ3n) is 5.95. The van der Waals surface area contributed by atoms with Crippen molar-refractivity contribution in [1.82, 2.24) is 9.29 Å². The van der Waals surface area contributed by atoms with Gasteiger partial charge >= 0.3 is 5.97 Å². The number of thiazole rings is 1. The number of hydrogen-bond donors (Lipinski definition) is 1. The molecule has 1 saturated heterocycles. The van der Waals surface area contributed by atoms with Crippen molar-refractivity contribution >= 4 is 48.6 Å². The zero-order valence-electron chi connectivity index (χ0n) is 20.2. The van der Waals surface area contributed by atoms with Crippen LogP contribution in [0, 0.1) is 25.7 Å². The van der Waals surface area contributed by atoms with Gasteiger partial charge in [0.15, 0.2) is 11.7 Å². The molecule has 186 valence electrons. The number of amides is 1. The van der Waals surface area contributed by atoms with E-state index in [1.54, 1.807) is 0 Å². The molecule has 0 aliphatic carbocycles. The highest BCUT2D eigenvalue weighted by atomic mass is 32.2. The maximum atomic E-state index is 13.1. The van der Waals surface area contributed by atoms with Gasteiger partial charge in [-0.25, -0.2) is 18.2 Å². The lowest BCUT2D eigenvalue weighted by atomic mass is 9.94. The van der Waals surface area contributed by atoms with Gasteiger partial charge in [-0.05, 0) is 67.5 Å². The summed E-state index contributed by atoms with van der Waals surface area (Å²) in [5, 5.41) is 3.08. The molecule has 0 spiro atoms. The summed E-state index contributed by atoms with van der Waals surface area (Å²) in [6.45, 7) is 8.42. The summed E-state index contributed by atoms with van der Waals surface area (Å²) in [6, 6.07) is 9.78. The number of fused-ring (bicyclic) bond motifs is 1. The number of esters is 1. The van der Waals surface area contributed by atoms with Crippen molar-refractivity contribution in [2.24, 2.45) is 11.8 Å². The smallest absolute Gasteiger partial charge is 0.338 e. The molecule has 8 nitrogen and oxygen atoms in total. The Bertz CT molecular complexity index is 1370. The van der Waals surface area contributed by atoms with E-state index in [1.165, 1.54) is 39.9 Å². The number of nitrogens with one attached hydrogen (secondary N) is 1. The third kappa shape index (κ3) is 5.71. The Morgan fingerprint density at radius 3 is 2.57 bits per heavy atom. The standard InChI is InChI=1S/C25H29N3O5S2/c1-15-9-18(4)23-21(10-15)34-25(27-23)26-22(29)14-33-24(30)19-6-5-7-20(11-19)35(31,32)28-12-16(2)8-17(3)13-28/h5-7,9-11,16-17H,8,12-14H2,1-4H3,(H,26,27,29). The van der Waals surface area contributed by atoms with E-state index in [9.17, 15) is 18.0 Å². The molecule has 1 fully saturated rings. The minimum Gasteiger partial charge on any atom is -0.452 e. The van der Waals surface area contributed by atoms with E-state index >= 15 is 0 Å². The highest BCUT2D eigenvalue weighted by Crippen LogP contribution is 2.29. The van der Waals surface area contributed by atoms with Gasteiger partial charge in [-0.15, -0.1) is 0 Å². The predicted octanol–water partition coefficient (Wildman–Crippen LogP) is 4.38. The van der Waals surface area contributed by atoms with Crippen LogP contribution in [0.2, 0.25) is 0 Å². The van der Waals surface area contributed by atoms with Crippen LogP contribution in [-0.2, 0) is 19.6 Å². The molecule has 0 saturated carbocycles. The summed E-state index contributed by atoms with van der Waals surface area (Å²) >= 11 is 1.35. The minimum atomic E-state index is -3.74. The number of rotatable bonds is 6. The molecule has 1 aromatic heterocycles. The molecule has 35 heavy (non-hydrogen) atoms. The number of sulfonamides is 1. The number of carbonyl (C=O) groups is 2.